The van der Waals surface area contributed by atoms with Crippen LogP contribution in [0.4, 0.5) is 4.79 Å². The maximum atomic E-state index is 13.7. The first-order valence-electron chi connectivity index (χ1n) is 11.6. The van der Waals surface area contributed by atoms with Gasteiger partial charge < -0.3 is 9.64 Å². The summed E-state index contributed by atoms with van der Waals surface area (Å²) in [6, 6.07) is 29.8. The van der Waals surface area contributed by atoms with Gasteiger partial charge in [0.2, 0.25) is 0 Å². The molecule has 0 fully saturated rings. The van der Waals surface area contributed by atoms with Gasteiger partial charge in [0, 0.05) is 12.2 Å². The maximum Gasteiger partial charge on any atom is 0.338 e. The minimum Gasteiger partial charge on any atom is -0.457 e. The summed E-state index contributed by atoms with van der Waals surface area (Å²) in [5.74, 6) is -0.479. The Morgan fingerprint density at radius 2 is 1.49 bits per heavy atom. The van der Waals surface area contributed by atoms with Crippen molar-refractivity contribution < 1.29 is 14.3 Å². The molecule has 0 spiro atoms. The van der Waals surface area contributed by atoms with Crippen molar-refractivity contribution in [1.29, 1.82) is 5.26 Å². The van der Waals surface area contributed by atoms with Crippen LogP contribution in [0.5, 0.6) is 0 Å². The van der Waals surface area contributed by atoms with E-state index in [1.807, 2.05) is 91.0 Å². The first kappa shape index (κ1) is 23.8. The van der Waals surface area contributed by atoms with E-state index in [1.54, 1.807) is 16.7 Å². The number of amides is 2. The second-order valence-corrected chi connectivity index (χ2v) is 8.33. The van der Waals surface area contributed by atoms with Crippen molar-refractivity contribution in [1.82, 2.24) is 9.80 Å². The van der Waals surface area contributed by atoms with Gasteiger partial charge in [-0.1, -0.05) is 91.0 Å². The van der Waals surface area contributed by atoms with Gasteiger partial charge >= 0.3 is 12.0 Å². The highest BCUT2D eigenvalue weighted by molar-refractivity contribution is 5.95. The lowest BCUT2D eigenvalue weighted by molar-refractivity contribution is -0.141. The van der Waals surface area contributed by atoms with Gasteiger partial charge in [-0.05, 0) is 23.6 Å². The number of nitrogens with zero attached hydrogens (tertiary/aromatic N) is 3. The van der Waals surface area contributed by atoms with Crippen LogP contribution in [-0.2, 0) is 22.7 Å². The fourth-order valence-corrected chi connectivity index (χ4v) is 4.30. The smallest absolute Gasteiger partial charge is 0.338 e. The monoisotopic (exact) mass is 465 g/mol. The van der Waals surface area contributed by atoms with Crippen molar-refractivity contribution in [3.8, 4) is 6.07 Å². The summed E-state index contributed by atoms with van der Waals surface area (Å²) in [7, 11) is 0. The minimum absolute atomic E-state index is 0.128. The number of urea groups is 1. The summed E-state index contributed by atoms with van der Waals surface area (Å²) in [5.41, 5.74) is 3.57. The zero-order chi connectivity index (χ0) is 24.6. The van der Waals surface area contributed by atoms with Crippen molar-refractivity contribution in [3.05, 3.63) is 119 Å². The van der Waals surface area contributed by atoms with Gasteiger partial charge in [0.15, 0.2) is 0 Å². The molecule has 0 radical (unpaired) electrons. The second kappa shape index (κ2) is 11.2. The molecule has 1 unspecified atom stereocenters. The zero-order valence-corrected chi connectivity index (χ0v) is 19.6. The van der Waals surface area contributed by atoms with E-state index in [0.29, 0.717) is 17.8 Å². The Labute approximate surface area is 205 Å². The average molecular weight is 466 g/mol. The number of esters is 1. The van der Waals surface area contributed by atoms with Crippen LogP contribution in [0.15, 0.2) is 102 Å². The van der Waals surface area contributed by atoms with Gasteiger partial charge in [-0.2, -0.15) is 5.26 Å². The number of carbonyl (C=O) groups is 2. The highest BCUT2D eigenvalue weighted by atomic mass is 16.5. The molecule has 3 aromatic rings. The summed E-state index contributed by atoms with van der Waals surface area (Å²) in [6.07, 6.45) is 0.152. The number of benzene rings is 3. The third kappa shape index (κ3) is 5.42. The van der Waals surface area contributed by atoms with Crippen molar-refractivity contribution in [2.75, 3.05) is 6.54 Å². The highest BCUT2D eigenvalue weighted by Gasteiger charge is 2.42. The molecule has 0 aromatic heterocycles. The van der Waals surface area contributed by atoms with Crippen LogP contribution in [0.3, 0.4) is 0 Å². The number of allylic oxidation sites excluding steroid dienone is 1. The number of hydrogen-bond acceptors (Lipinski definition) is 4. The molecule has 0 saturated carbocycles. The van der Waals surface area contributed by atoms with Crippen LogP contribution < -0.4 is 0 Å². The fourth-order valence-electron chi connectivity index (χ4n) is 4.30. The van der Waals surface area contributed by atoms with Gasteiger partial charge in [0.05, 0.1) is 30.6 Å². The first-order valence-corrected chi connectivity index (χ1v) is 11.6. The third-order valence-electron chi connectivity index (χ3n) is 6.05. The van der Waals surface area contributed by atoms with Gasteiger partial charge in [0.1, 0.15) is 6.61 Å². The average Bonchev–Trinajstić information content (AvgIpc) is 2.90. The van der Waals surface area contributed by atoms with E-state index < -0.39 is 12.0 Å². The van der Waals surface area contributed by atoms with Crippen LogP contribution >= 0.6 is 0 Å². The van der Waals surface area contributed by atoms with Crippen LogP contribution in [0.2, 0.25) is 0 Å². The Balaban J connectivity index is 1.76. The van der Waals surface area contributed by atoms with Gasteiger partial charge in [-0.25, -0.2) is 9.59 Å². The predicted octanol–water partition coefficient (Wildman–Crippen LogP) is 5.60. The Hall–Kier alpha value is -4.37. The van der Waals surface area contributed by atoms with E-state index in [-0.39, 0.29) is 25.6 Å². The van der Waals surface area contributed by atoms with E-state index in [4.69, 9.17) is 4.74 Å². The number of carbonyl (C=O) groups excluding carboxylic acids is 2. The molecule has 0 bridgehead atoms. The van der Waals surface area contributed by atoms with Crippen molar-refractivity contribution >= 4 is 12.0 Å². The first-order chi connectivity index (χ1) is 17.1. The lowest BCUT2D eigenvalue weighted by atomic mass is 9.92. The van der Waals surface area contributed by atoms with E-state index in [1.165, 1.54) is 0 Å². The largest absolute Gasteiger partial charge is 0.457 e. The normalized spacial score (nSPS) is 15.7. The van der Waals surface area contributed by atoms with Crippen LogP contribution in [0, 0.1) is 11.3 Å². The van der Waals surface area contributed by atoms with E-state index in [0.717, 1.165) is 16.7 Å². The quantitative estimate of drug-likeness (QED) is 0.406. The van der Waals surface area contributed by atoms with Crippen LogP contribution in [0.1, 0.15) is 36.1 Å². The van der Waals surface area contributed by atoms with E-state index in [9.17, 15) is 14.9 Å². The molecule has 0 aliphatic carbocycles. The van der Waals surface area contributed by atoms with Crippen molar-refractivity contribution in [2.45, 2.75) is 32.5 Å². The van der Waals surface area contributed by atoms with Gasteiger partial charge in [-0.3, -0.25) is 4.90 Å². The maximum absolute atomic E-state index is 13.7. The highest BCUT2D eigenvalue weighted by Crippen LogP contribution is 2.38. The molecule has 0 saturated heterocycles. The molecule has 2 amide bonds. The molecule has 0 N–H and O–H groups in total. The van der Waals surface area contributed by atoms with E-state index >= 15 is 0 Å². The summed E-state index contributed by atoms with van der Waals surface area (Å²) < 4.78 is 5.75. The lowest BCUT2D eigenvalue weighted by Gasteiger charge is -2.42. The summed E-state index contributed by atoms with van der Waals surface area (Å²) in [4.78, 5) is 30.5. The number of nitriles is 1. The molecule has 6 heteroatoms. The molecule has 6 nitrogen and oxygen atoms in total. The van der Waals surface area contributed by atoms with Crippen molar-refractivity contribution in [3.63, 3.8) is 0 Å². The predicted molar refractivity (Wildman–Crippen MR) is 132 cm³/mol. The molecule has 176 valence electrons. The molecule has 1 atom stereocenters. The molecule has 3 aromatic carbocycles. The molecular weight excluding hydrogens is 438 g/mol. The molecule has 1 aliphatic rings. The fraction of sp³-hybridized carbons (Fsp3) is 0.207. The van der Waals surface area contributed by atoms with Crippen LogP contribution in [0.25, 0.3) is 0 Å². The van der Waals surface area contributed by atoms with E-state index in [2.05, 4.69) is 6.07 Å². The Kier molecular flexibility index (Phi) is 7.59. The molecule has 4 rings (SSSR count). The zero-order valence-electron chi connectivity index (χ0n) is 19.6. The van der Waals surface area contributed by atoms with Gasteiger partial charge in [0.25, 0.3) is 0 Å². The Morgan fingerprint density at radius 3 is 2.09 bits per heavy atom. The van der Waals surface area contributed by atoms with Gasteiger partial charge in [-0.15, -0.1) is 0 Å². The molecular formula is C29H27N3O3. The number of ether oxygens (including phenoxy) is 1. The minimum atomic E-state index is -0.646. The standard InChI is InChI=1S/C29H27N3O3/c1-22-26(28(33)35-21-24-14-7-3-8-15-24)27(25-16-9-4-10-17-25)31(19-11-18-30)29(34)32(22)20-23-12-5-2-6-13-23/h2-10,12-17,27H,11,19-21H2,1H3. The topological polar surface area (TPSA) is 73.6 Å². The molecule has 35 heavy (non-hydrogen) atoms. The SMILES string of the molecule is CC1=C(C(=O)OCc2ccccc2)C(c2ccccc2)N(CCC#N)C(=O)N1Cc1ccccc1. The number of rotatable bonds is 8. The Bertz CT molecular complexity index is 1230. The summed E-state index contributed by atoms with van der Waals surface area (Å²) in [6.45, 7) is 2.43. The summed E-state index contributed by atoms with van der Waals surface area (Å²) >= 11 is 0. The third-order valence-corrected chi connectivity index (χ3v) is 6.05. The van der Waals surface area contributed by atoms with Crippen LogP contribution in [-0.4, -0.2) is 28.3 Å². The number of hydrogen-bond donors (Lipinski definition) is 0. The molecule has 1 aliphatic heterocycles. The summed E-state index contributed by atoms with van der Waals surface area (Å²) in [5, 5.41) is 9.27. The lowest BCUT2D eigenvalue weighted by Crippen LogP contribution is -2.50. The Morgan fingerprint density at radius 1 is 0.914 bits per heavy atom. The molecule has 1 heterocycles. The second-order valence-electron chi connectivity index (χ2n) is 8.33. The van der Waals surface area contributed by atoms with Crippen molar-refractivity contribution in [2.24, 2.45) is 0 Å².